The average Bonchev–Trinajstić information content (AvgIpc) is 3.38. The molecule has 1 unspecified atom stereocenters. The van der Waals surface area contributed by atoms with Crippen LogP contribution in [-0.4, -0.2) is 30.8 Å². The third-order valence-corrected chi connectivity index (χ3v) is 9.29. The van der Waals surface area contributed by atoms with Crippen LogP contribution in [-0.2, 0) is 27.5 Å². The Bertz CT molecular complexity index is 1280. The number of halogens is 4. The molecule has 2 fully saturated rings. The third-order valence-electron chi connectivity index (χ3n) is 7.31. The summed E-state index contributed by atoms with van der Waals surface area (Å²) in [5.41, 5.74) is -0.223. The van der Waals surface area contributed by atoms with E-state index in [1.54, 1.807) is 6.07 Å². The van der Waals surface area contributed by atoms with E-state index in [9.17, 15) is 30.8 Å². The van der Waals surface area contributed by atoms with E-state index in [4.69, 9.17) is 0 Å². The van der Waals surface area contributed by atoms with E-state index in [-0.39, 0.29) is 34.3 Å². The number of nitrogens with one attached hydrogen (secondary N) is 2. The van der Waals surface area contributed by atoms with Crippen LogP contribution < -0.4 is 10.0 Å². The Hall–Kier alpha value is -2.34. The first-order valence-corrected chi connectivity index (χ1v) is 16.0. The van der Waals surface area contributed by atoms with Gasteiger partial charge < -0.3 is 5.32 Å². The summed E-state index contributed by atoms with van der Waals surface area (Å²) in [6.45, 7) is -0.00154. The van der Waals surface area contributed by atoms with Crippen LogP contribution >= 0.6 is 11.8 Å². The molecule has 1 atom stereocenters. The molecule has 1 amide bonds. The zero-order valence-electron chi connectivity index (χ0n) is 21.7. The maximum Gasteiger partial charge on any atom is 0.433 e. The van der Waals surface area contributed by atoms with Crippen molar-refractivity contribution in [2.75, 3.05) is 11.0 Å². The largest absolute Gasteiger partial charge is 0.433 e. The van der Waals surface area contributed by atoms with Gasteiger partial charge in [0, 0.05) is 17.4 Å². The number of carbonyl (C=O) groups excluding carboxylic acids is 1. The predicted molar refractivity (Wildman–Crippen MR) is 143 cm³/mol. The lowest BCUT2D eigenvalue weighted by Crippen LogP contribution is -2.33. The molecule has 214 valence electrons. The van der Waals surface area contributed by atoms with Gasteiger partial charge in [-0.05, 0) is 55.4 Å². The van der Waals surface area contributed by atoms with Crippen LogP contribution in [0.4, 0.5) is 23.2 Å². The molecule has 1 aromatic heterocycles. The first-order valence-electron chi connectivity index (χ1n) is 13.2. The van der Waals surface area contributed by atoms with Crippen molar-refractivity contribution in [3.05, 3.63) is 53.0 Å². The number of alkyl halides is 3. The highest BCUT2D eigenvalue weighted by Gasteiger charge is 2.35. The molecule has 0 aliphatic heterocycles. The highest BCUT2D eigenvalue weighted by molar-refractivity contribution is 7.99. The molecule has 2 saturated carbocycles. The molecule has 0 bridgehead atoms. The number of hydrogen-bond donors (Lipinski definition) is 2. The fourth-order valence-corrected chi connectivity index (χ4v) is 7.32. The van der Waals surface area contributed by atoms with Crippen molar-refractivity contribution >= 4 is 33.4 Å². The Labute approximate surface area is 230 Å². The molecule has 6 nitrogen and oxygen atoms in total. The van der Waals surface area contributed by atoms with Crippen molar-refractivity contribution in [1.29, 1.82) is 0 Å². The standard InChI is InChI=1S/C27H33F4N3O3S2/c1-39(36,37)34-22-13-11-18(15-21(22)28)24(17-7-5-6-8-17)25(35)32-16-19-12-14-23(27(29,30)31)33-26(19)38-20-9-3-2-4-10-20/h11-15,17,20,24,34H,2-10,16H2,1H3,(H,32,35). The Morgan fingerprint density at radius 3 is 2.33 bits per heavy atom. The van der Waals surface area contributed by atoms with Crippen molar-refractivity contribution < 1.29 is 30.8 Å². The van der Waals surface area contributed by atoms with Gasteiger partial charge in [-0.3, -0.25) is 9.52 Å². The van der Waals surface area contributed by atoms with Crippen molar-refractivity contribution in [1.82, 2.24) is 10.3 Å². The summed E-state index contributed by atoms with van der Waals surface area (Å²) in [7, 11) is -3.68. The van der Waals surface area contributed by atoms with Crippen LogP contribution in [0.1, 0.15) is 80.5 Å². The maximum atomic E-state index is 14.8. The Morgan fingerprint density at radius 2 is 1.72 bits per heavy atom. The molecule has 0 saturated heterocycles. The second-order valence-electron chi connectivity index (χ2n) is 10.4. The minimum atomic E-state index is -4.57. The molecule has 1 heterocycles. The fraction of sp³-hybridized carbons (Fsp3) is 0.556. The normalized spacial score (nSPS) is 18.2. The molecule has 2 aliphatic carbocycles. The lowest BCUT2D eigenvalue weighted by atomic mass is 9.84. The minimum absolute atomic E-state index is 0.00154. The number of rotatable bonds is 9. The van der Waals surface area contributed by atoms with E-state index in [2.05, 4.69) is 15.0 Å². The van der Waals surface area contributed by atoms with Crippen molar-refractivity contribution in [2.24, 2.45) is 5.92 Å². The van der Waals surface area contributed by atoms with E-state index < -0.39 is 33.6 Å². The van der Waals surface area contributed by atoms with Gasteiger partial charge in [-0.15, -0.1) is 11.8 Å². The van der Waals surface area contributed by atoms with Crippen LogP contribution in [0.15, 0.2) is 35.4 Å². The number of carbonyl (C=O) groups is 1. The van der Waals surface area contributed by atoms with Gasteiger partial charge in [0.25, 0.3) is 0 Å². The lowest BCUT2D eigenvalue weighted by molar-refractivity contribution is -0.141. The van der Waals surface area contributed by atoms with Crippen LogP contribution in [0.3, 0.4) is 0 Å². The van der Waals surface area contributed by atoms with E-state index in [1.165, 1.54) is 30.0 Å². The van der Waals surface area contributed by atoms with Crippen LogP contribution in [0, 0.1) is 11.7 Å². The SMILES string of the molecule is CS(=O)(=O)Nc1ccc(C(C(=O)NCc2ccc(C(F)(F)F)nc2SC2CCCCC2)C2CCCC2)cc1F. The monoisotopic (exact) mass is 587 g/mol. The molecule has 0 spiro atoms. The van der Waals surface area contributed by atoms with Crippen molar-refractivity contribution in [3.8, 4) is 0 Å². The zero-order chi connectivity index (χ0) is 28.2. The Kier molecular flexibility index (Phi) is 9.46. The molecule has 4 rings (SSSR count). The summed E-state index contributed by atoms with van der Waals surface area (Å²) in [5.74, 6) is -1.84. The molecule has 2 aromatic rings. The number of nitrogens with zero attached hydrogens (tertiary/aromatic N) is 1. The van der Waals surface area contributed by atoms with Crippen LogP contribution in [0.2, 0.25) is 0 Å². The molecule has 0 radical (unpaired) electrons. The zero-order valence-corrected chi connectivity index (χ0v) is 23.3. The number of sulfonamides is 1. The van der Waals surface area contributed by atoms with E-state index in [1.807, 2.05) is 0 Å². The smallest absolute Gasteiger partial charge is 0.351 e. The number of anilines is 1. The first-order chi connectivity index (χ1) is 18.4. The van der Waals surface area contributed by atoms with E-state index >= 15 is 0 Å². The van der Waals surface area contributed by atoms with Gasteiger partial charge in [-0.2, -0.15) is 13.2 Å². The molecule has 2 aliphatic rings. The van der Waals surface area contributed by atoms with Gasteiger partial charge in [0.15, 0.2) is 0 Å². The van der Waals surface area contributed by atoms with Gasteiger partial charge in [0.05, 0.1) is 17.9 Å². The Balaban J connectivity index is 1.55. The fourth-order valence-electron chi connectivity index (χ4n) is 5.43. The summed E-state index contributed by atoms with van der Waals surface area (Å²) >= 11 is 1.34. The maximum absolute atomic E-state index is 14.8. The first kappa shape index (κ1) is 29.6. The van der Waals surface area contributed by atoms with E-state index in [0.29, 0.717) is 11.1 Å². The number of pyridine rings is 1. The number of amides is 1. The van der Waals surface area contributed by atoms with Crippen molar-refractivity contribution in [2.45, 2.75) is 86.7 Å². The summed E-state index contributed by atoms with van der Waals surface area (Å²) in [6.07, 6.45) is 4.80. The quantitative estimate of drug-likeness (QED) is 0.322. The summed E-state index contributed by atoms with van der Waals surface area (Å²) in [5, 5.41) is 3.33. The Morgan fingerprint density at radius 1 is 1.05 bits per heavy atom. The van der Waals surface area contributed by atoms with Crippen LogP contribution in [0.5, 0.6) is 0 Å². The number of benzene rings is 1. The van der Waals surface area contributed by atoms with Gasteiger partial charge in [-0.25, -0.2) is 17.8 Å². The third kappa shape index (κ3) is 8.09. The number of hydrogen-bond acceptors (Lipinski definition) is 5. The topological polar surface area (TPSA) is 88.2 Å². The summed E-state index contributed by atoms with van der Waals surface area (Å²) in [6, 6.07) is 6.34. The minimum Gasteiger partial charge on any atom is -0.351 e. The molecule has 39 heavy (non-hydrogen) atoms. The molecule has 1 aromatic carbocycles. The molecule has 12 heteroatoms. The highest BCUT2D eigenvalue weighted by Crippen LogP contribution is 2.39. The molecular formula is C27H33F4N3O3S2. The van der Waals surface area contributed by atoms with E-state index in [0.717, 1.165) is 70.1 Å². The molecular weight excluding hydrogens is 554 g/mol. The predicted octanol–water partition coefficient (Wildman–Crippen LogP) is 6.63. The average molecular weight is 588 g/mol. The second kappa shape index (κ2) is 12.4. The van der Waals surface area contributed by atoms with Crippen LogP contribution in [0.25, 0.3) is 0 Å². The second-order valence-corrected chi connectivity index (χ2v) is 13.4. The van der Waals surface area contributed by atoms with Gasteiger partial charge in [-0.1, -0.05) is 44.2 Å². The van der Waals surface area contributed by atoms with Gasteiger partial charge >= 0.3 is 6.18 Å². The highest BCUT2D eigenvalue weighted by atomic mass is 32.2. The summed E-state index contributed by atoms with van der Waals surface area (Å²) in [4.78, 5) is 17.4. The summed E-state index contributed by atoms with van der Waals surface area (Å²) < 4.78 is 80.2. The molecule has 2 N–H and O–H groups in total. The number of thioether (sulfide) groups is 1. The lowest BCUT2D eigenvalue weighted by Gasteiger charge is -2.25. The van der Waals surface area contributed by atoms with Gasteiger partial charge in [0.1, 0.15) is 16.5 Å². The number of aromatic nitrogens is 1. The van der Waals surface area contributed by atoms with Gasteiger partial charge in [0.2, 0.25) is 15.9 Å². The van der Waals surface area contributed by atoms with Crippen molar-refractivity contribution in [3.63, 3.8) is 0 Å².